The van der Waals surface area contributed by atoms with E-state index in [9.17, 15) is 9.59 Å². The summed E-state index contributed by atoms with van der Waals surface area (Å²) in [5.74, 6) is 0.887. The number of fused-ring (bicyclic) bond motifs is 5. The van der Waals surface area contributed by atoms with E-state index < -0.39 is 0 Å². The molecule has 1 aliphatic rings. The molecule has 0 saturated carbocycles. The smallest absolute Gasteiger partial charge is 0.260 e. The lowest BCUT2D eigenvalue weighted by atomic mass is 10.0. The molecule has 0 aliphatic heterocycles. The molecule has 0 bridgehead atoms. The van der Waals surface area contributed by atoms with E-state index in [1.165, 1.54) is 7.11 Å². The minimum Gasteiger partial charge on any atom is -0.496 e. The fraction of sp³-hybridized carbons (Fsp3) is 0.111. The number of carbonyl (C=O) groups is 1. The van der Waals surface area contributed by atoms with Crippen LogP contribution in [0.3, 0.4) is 0 Å². The van der Waals surface area contributed by atoms with Crippen LogP contribution in [-0.4, -0.2) is 25.0 Å². The topological polar surface area (TPSA) is 68.4 Å². The van der Waals surface area contributed by atoms with Gasteiger partial charge in [-0.2, -0.15) is 0 Å². The number of hydrogen-bond donors (Lipinski definition) is 1. The molecular weight excluding hydrogens is 294 g/mol. The zero-order chi connectivity index (χ0) is 16.1. The molecule has 1 heterocycles. The van der Waals surface area contributed by atoms with Crippen molar-refractivity contribution in [1.29, 1.82) is 0 Å². The third kappa shape index (κ3) is 1.67. The fourth-order valence-electron chi connectivity index (χ4n) is 3.22. The van der Waals surface area contributed by atoms with Crippen LogP contribution >= 0.6 is 0 Å². The number of ketones is 1. The maximum absolute atomic E-state index is 12.9. The van der Waals surface area contributed by atoms with Crippen molar-refractivity contribution in [2.75, 3.05) is 14.2 Å². The summed E-state index contributed by atoms with van der Waals surface area (Å²) in [6.07, 6.45) is 0. The molecule has 0 unspecified atom stereocenters. The number of hydrogen-bond acceptors (Lipinski definition) is 4. The number of H-pyrrole nitrogens is 1. The first-order chi connectivity index (χ1) is 11.2. The predicted octanol–water partition coefficient (Wildman–Crippen LogP) is 2.76. The van der Waals surface area contributed by atoms with Gasteiger partial charge < -0.3 is 14.5 Å². The van der Waals surface area contributed by atoms with Gasteiger partial charge in [-0.1, -0.05) is 24.3 Å². The van der Waals surface area contributed by atoms with Crippen LogP contribution in [-0.2, 0) is 0 Å². The summed E-state index contributed by atoms with van der Waals surface area (Å²) in [5, 5.41) is 0.972. The molecule has 3 aromatic rings. The Hall–Kier alpha value is -3.08. The Balaban J connectivity index is 2.19. The summed E-state index contributed by atoms with van der Waals surface area (Å²) in [6.45, 7) is 0. The molecule has 1 aromatic heterocycles. The second-order valence-corrected chi connectivity index (χ2v) is 5.30. The molecule has 0 saturated heterocycles. The maximum Gasteiger partial charge on any atom is 0.260 e. The van der Waals surface area contributed by atoms with Crippen LogP contribution in [0.1, 0.15) is 15.9 Å². The van der Waals surface area contributed by atoms with Crippen molar-refractivity contribution in [2.45, 2.75) is 0 Å². The summed E-state index contributed by atoms with van der Waals surface area (Å²) < 4.78 is 10.6. The van der Waals surface area contributed by atoms with E-state index in [0.29, 0.717) is 44.7 Å². The first-order valence-corrected chi connectivity index (χ1v) is 7.12. The highest BCUT2D eigenvalue weighted by Gasteiger charge is 2.33. The monoisotopic (exact) mass is 307 g/mol. The molecule has 23 heavy (non-hydrogen) atoms. The van der Waals surface area contributed by atoms with Crippen LogP contribution in [0.5, 0.6) is 11.5 Å². The molecule has 114 valence electrons. The van der Waals surface area contributed by atoms with Crippen molar-refractivity contribution < 1.29 is 14.3 Å². The van der Waals surface area contributed by atoms with E-state index in [0.717, 1.165) is 0 Å². The Kier molecular flexibility index (Phi) is 2.78. The third-order valence-electron chi connectivity index (χ3n) is 4.20. The number of nitrogens with one attached hydrogen (secondary N) is 1. The van der Waals surface area contributed by atoms with Gasteiger partial charge in [0.1, 0.15) is 11.5 Å². The Morgan fingerprint density at radius 1 is 0.870 bits per heavy atom. The molecule has 0 amide bonds. The lowest BCUT2D eigenvalue weighted by Gasteiger charge is -2.09. The fourth-order valence-corrected chi connectivity index (χ4v) is 3.22. The number of pyridine rings is 1. The molecule has 0 radical (unpaired) electrons. The number of aromatic nitrogens is 1. The molecule has 0 spiro atoms. The van der Waals surface area contributed by atoms with Gasteiger partial charge in [0.15, 0.2) is 5.78 Å². The van der Waals surface area contributed by atoms with Gasteiger partial charge in [0.25, 0.3) is 5.56 Å². The first-order valence-electron chi connectivity index (χ1n) is 7.12. The third-order valence-corrected chi connectivity index (χ3v) is 4.20. The average molecular weight is 307 g/mol. The first kappa shape index (κ1) is 13.6. The lowest BCUT2D eigenvalue weighted by molar-refractivity contribution is 0.104. The van der Waals surface area contributed by atoms with Gasteiger partial charge in [-0.05, 0) is 12.1 Å². The summed E-state index contributed by atoms with van der Waals surface area (Å²) in [6, 6.07) is 10.5. The molecule has 2 aromatic carbocycles. The molecular formula is C18H13NO4. The van der Waals surface area contributed by atoms with Crippen molar-refractivity contribution in [3.63, 3.8) is 0 Å². The SMILES string of the molecule is COc1cccc2c1-c1[nH]c(=O)c3c(OC)cccc3c1C2=O. The summed E-state index contributed by atoms with van der Waals surface area (Å²) in [5.41, 5.74) is 1.87. The maximum atomic E-state index is 12.9. The van der Waals surface area contributed by atoms with E-state index in [4.69, 9.17) is 9.47 Å². The van der Waals surface area contributed by atoms with Gasteiger partial charge in [-0.25, -0.2) is 0 Å². The van der Waals surface area contributed by atoms with Crippen LogP contribution < -0.4 is 15.0 Å². The zero-order valence-electron chi connectivity index (χ0n) is 12.6. The Morgan fingerprint density at radius 2 is 1.57 bits per heavy atom. The minimum absolute atomic E-state index is 0.122. The molecule has 5 nitrogen and oxygen atoms in total. The van der Waals surface area contributed by atoms with Crippen molar-refractivity contribution >= 4 is 16.6 Å². The Morgan fingerprint density at radius 3 is 2.30 bits per heavy atom. The predicted molar refractivity (Wildman–Crippen MR) is 86.5 cm³/mol. The average Bonchev–Trinajstić information content (AvgIpc) is 2.87. The van der Waals surface area contributed by atoms with Crippen LogP contribution in [0.25, 0.3) is 22.0 Å². The van der Waals surface area contributed by atoms with E-state index in [1.54, 1.807) is 43.5 Å². The van der Waals surface area contributed by atoms with Crippen LogP contribution in [0.4, 0.5) is 0 Å². The highest BCUT2D eigenvalue weighted by Crippen LogP contribution is 2.43. The quantitative estimate of drug-likeness (QED) is 0.618. The number of methoxy groups -OCH3 is 2. The second-order valence-electron chi connectivity index (χ2n) is 5.30. The van der Waals surface area contributed by atoms with E-state index in [1.807, 2.05) is 0 Å². The van der Waals surface area contributed by atoms with Crippen molar-refractivity contribution in [3.8, 4) is 22.8 Å². The molecule has 0 fully saturated rings. The van der Waals surface area contributed by atoms with Crippen LogP contribution in [0.15, 0.2) is 41.2 Å². The highest BCUT2D eigenvalue weighted by atomic mass is 16.5. The van der Waals surface area contributed by atoms with Gasteiger partial charge >= 0.3 is 0 Å². The molecule has 0 atom stereocenters. The number of aromatic amines is 1. The normalized spacial score (nSPS) is 12.2. The molecule has 1 aliphatic carbocycles. The standard InChI is InChI=1S/C18H13NO4/c1-22-11-7-4-6-10-13(11)16-15(17(10)20)9-5-3-8-12(23-2)14(9)18(21)19-16/h3-8H,1-2H3,(H,19,21). The molecule has 1 N–H and O–H groups in total. The van der Waals surface area contributed by atoms with Crippen molar-refractivity contribution in [1.82, 2.24) is 4.98 Å². The van der Waals surface area contributed by atoms with E-state index in [2.05, 4.69) is 4.98 Å². The van der Waals surface area contributed by atoms with Gasteiger partial charge in [-0.3, -0.25) is 9.59 Å². The lowest BCUT2D eigenvalue weighted by Crippen LogP contribution is -2.11. The largest absolute Gasteiger partial charge is 0.496 e. The zero-order valence-corrected chi connectivity index (χ0v) is 12.6. The molecule has 4 rings (SSSR count). The number of benzene rings is 2. The Labute approximate surface area is 131 Å². The van der Waals surface area contributed by atoms with E-state index in [-0.39, 0.29) is 11.3 Å². The van der Waals surface area contributed by atoms with E-state index >= 15 is 0 Å². The summed E-state index contributed by atoms with van der Waals surface area (Å²) in [7, 11) is 3.04. The summed E-state index contributed by atoms with van der Waals surface area (Å²) >= 11 is 0. The van der Waals surface area contributed by atoms with Crippen LogP contribution in [0.2, 0.25) is 0 Å². The second kappa shape index (κ2) is 4.71. The van der Waals surface area contributed by atoms with Gasteiger partial charge in [0.2, 0.25) is 0 Å². The van der Waals surface area contributed by atoms with Crippen molar-refractivity contribution in [2.24, 2.45) is 0 Å². The van der Waals surface area contributed by atoms with Gasteiger partial charge in [0, 0.05) is 10.9 Å². The highest BCUT2D eigenvalue weighted by molar-refractivity contribution is 6.27. The van der Waals surface area contributed by atoms with Crippen LogP contribution in [0, 0.1) is 0 Å². The van der Waals surface area contributed by atoms with Gasteiger partial charge in [0.05, 0.1) is 36.4 Å². The Bertz CT molecular complexity index is 1030. The molecule has 5 heteroatoms. The number of rotatable bonds is 2. The minimum atomic E-state index is -0.289. The summed E-state index contributed by atoms with van der Waals surface area (Å²) in [4.78, 5) is 28.2. The van der Waals surface area contributed by atoms with Gasteiger partial charge in [-0.15, -0.1) is 0 Å². The van der Waals surface area contributed by atoms with Crippen molar-refractivity contribution in [3.05, 3.63) is 57.9 Å². The number of ether oxygens (including phenoxy) is 2. The number of carbonyl (C=O) groups excluding carboxylic acids is 1.